The van der Waals surface area contributed by atoms with Gasteiger partial charge < -0.3 is 10.4 Å². The molecule has 1 aromatic carbocycles. The molecule has 15 heavy (non-hydrogen) atoms. The fourth-order valence-electron chi connectivity index (χ4n) is 1.36. The molecule has 0 amide bonds. The molecule has 0 aliphatic heterocycles. The highest BCUT2D eigenvalue weighted by Gasteiger charge is 2.10. The highest BCUT2D eigenvalue weighted by Crippen LogP contribution is 2.24. The molecule has 2 N–H and O–H groups in total. The maximum atomic E-state index is 13.0. The van der Waals surface area contributed by atoms with E-state index in [2.05, 4.69) is 5.32 Å². The second kappa shape index (κ2) is 5.98. The predicted octanol–water partition coefficient (Wildman–Crippen LogP) is 2.54. The summed E-state index contributed by atoms with van der Waals surface area (Å²) in [5.41, 5.74) is 0.608. The van der Waals surface area contributed by atoms with Crippen LogP contribution in [0.25, 0.3) is 0 Å². The van der Waals surface area contributed by atoms with Crippen LogP contribution in [0.1, 0.15) is 18.5 Å². The van der Waals surface area contributed by atoms with Gasteiger partial charge in [0.1, 0.15) is 11.6 Å². The Balaban J connectivity index is 2.64. The molecule has 0 spiro atoms. The minimum absolute atomic E-state index is 0.0344. The van der Waals surface area contributed by atoms with Gasteiger partial charge in [0.05, 0.1) is 0 Å². The summed E-state index contributed by atoms with van der Waals surface area (Å²) >= 11 is 1.75. The summed E-state index contributed by atoms with van der Waals surface area (Å²) < 4.78 is 13.0. The first kappa shape index (κ1) is 12.3. The molecule has 84 valence electrons. The van der Waals surface area contributed by atoms with E-state index in [9.17, 15) is 9.50 Å². The lowest BCUT2D eigenvalue weighted by atomic mass is 10.1. The van der Waals surface area contributed by atoms with Gasteiger partial charge in [-0.3, -0.25) is 0 Å². The molecule has 2 nitrogen and oxygen atoms in total. The largest absolute Gasteiger partial charge is 0.508 e. The number of hydrogen-bond donors (Lipinski definition) is 2. The fourth-order valence-corrected chi connectivity index (χ4v) is 1.68. The van der Waals surface area contributed by atoms with Crippen molar-refractivity contribution in [1.29, 1.82) is 0 Å². The summed E-state index contributed by atoms with van der Waals surface area (Å²) in [6, 6.07) is 3.98. The van der Waals surface area contributed by atoms with Gasteiger partial charge in [0.25, 0.3) is 0 Å². The van der Waals surface area contributed by atoms with Gasteiger partial charge in [-0.15, -0.1) is 0 Å². The molecule has 0 radical (unpaired) electrons. The van der Waals surface area contributed by atoms with E-state index in [1.807, 2.05) is 13.2 Å². The lowest BCUT2D eigenvalue weighted by Crippen LogP contribution is -2.21. The lowest BCUT2D eigenvalue weighted by molar-refractivity contribution is 0.451. The van der Waals surface area contributed by atoms with Crippen LogP contribution in [0, 0.1) is 5.82 Å². The van der Waals surface area contributed by atoms with Crippen molar-refractivity contribution in [2.75, 3.05) is 18.6 Å². The van der Waals surface area contributed by atoms with Crippen LogP contribution in [-0.4, -0.2) is 23.7 Å². The van der Waals surface area contributed by atoms with Crippen molar-refractivity contribution < 1.29 is 9.50 Å². The fraction of sp³-hybridized carbons (Fsp3) is 0.455. The summed E-state index contributed by atoms with van der Waals surface area (Å²) in [4.78, 5) is 0. The number of rotatable bonds is 5. The van der Waals surface area contributed by atoms with Gasteiger partial charge >= 0.3 is 0 Å². The standard InChI is InChI=1S/C11H16FNOS/c1-8(13-5-6-15-2)10-7-9(12)3-4-11(10)14/h3-4,7-8,13-14H,5-6H2,1-2H3. The van der Waals surface area contributed by atoms with Crippen LogP contribution in [0.2, 0.25) is 0 Å². The second-order valence-corrected chi connectivity index (χ2v) is 4.36. The Bertz CT molecular complexity index is 319. The third-order valence-corrected chi connectivity index (χ3v) is 2.83. The van der Waals surface area contributed by atoms with Crippen LogP contribution in [0.3, 0.4) is 0 Å². The van der Waals surface area contributed by atoms with Crippen molar-refractivity contribution in [2.24, 2.45) is 0 Å². The Kier molecular flexibility index (Phi) is 4.91. The van der Waals surface area contributed by atoms with E-state index >= 15 is 0 Å². The number of aromatic hydroxyl groups is 1. The monoisotopic (exact) mass is 229 g/mol. The Morgan fingerprint density at radius 2 is 2.27 bits per heavy atom. The third kappa shape index (κ3) is 3.72. The number of phenolic OH excluding ortho intramolecular Hbond substituents is 1. The SMILES string of the molecule is CSCCNC(C)c1cc(F)ccc1O. The summed E-state index contributed by atoms with van der Waals surface area (Å²) in [5.74, 6) is 0.822. The molecule has 0 heterocycles. The molecule has 1 aromatic rings. The van der Waals surface area contributed by atoms with Crippen molar-refractivity contribution >= 4 is 11.8 Å². The average Bonchev–Trinajstić information content (AvgIpc) is 2.22. The Morgan fingerprint density at radius 1 is 1.53 bits per heavy atom. The van der Waals surface area contributed by atoms with E-state index in [1.165, 1.54) is 18.2 Å². The molecule has 0 saturated carbocycles. The first-order chi connectivity index (χ1) is 7.15. The Morgan fingerprint density at radius 3 is 2.93 bits per heavy atom. The van der Waals surface area contributed by atoms with Crippen molar-refractivity contribution in [3.63, 3.8) is 0 Å². The minimum atomic E-state index is -0.318. The minimum Gasteiger partial charge on any atom is -0.508 e. The molecular weight excluding hydrogens is 213 g/mol. The van der Waals surface area contributed by atoms with E-state index in [0.29, 0.717) is 5.56 Å². The first-order valence-corrected chi connectivity index (χ1v) is 6.25. The zero-order chi connectivity index (χ0) is 11.3. The summed E-state index contributed by atoms with van der Waals surface area (Å²) in [6.07, 6.45) is 2.03. The van der Waals surface area contributed by atoms with E-state index in [0.717, 1.165) is 12.3 Å². The lowest BCUT2D eigenvalue weighted by Gasteiger charge is -2.15. The zero-order valence-corrected chi connectivity index (χ0v) is 9.77. The van der Waals surface area contributed by atoms with Crippen LogP contribution in [-0.2, 0) is 0 Å². The number of thioether (sulfide) groups is 1. The number of halogens is 1. The molecule has 0 fully saturated rings. The van der Waals surface area contributed by atoms with Gasteiger partial charge in [0.15, 0.2) is 0 Å². The molecule has 0 aliphatic rings. The van der Waals surface area contributed by atoms with Crippen LogP contribution in [0.15, 0.2) is 18.2 Å². The average molecular weight is 229 g/mol. The van der Waals surface area contributed by atoms with Gasteiger partial charge in [-0.1, -0.05) is 0 Å². The molecule has 0 aliphatic carbocycles. The normalized spacial score (nSPS) is 12.7. The number of hydrogen-bond acceptors (Lipinski definition) is 3. The highest BCUT2D eigenvalue weighted by molar-refractivity contribution is 7.98. The quantitative estimate of drug-likeness (QED) is 0.761. The molecule has 1 rings (SSSR count). The van der Waals surface area contributed by atoms with Gasteiger partial charge in [0, 0.05) is 23.9 Å². The predicted molar refractivity (Wildman–Crippen MR) is 62.9 cm³/mol. The van der Waals surface area contributed by atoms with Crippen LogP contribution >= 0.6 is 11.8 Å². The molecular formula is C11H16FNOS. The van der Waals surface area contributed by atoms with E-state index in [4.69, 9.17) is 0 Å². The Labute approximate surface area is 93.9 Å². The highest BCUT2D eigenvalue weighted by atomic mass is 32.2. The molecule has 4 heteroatoms. The molecule has 0 saturated heterocycles. The van der Waals surface area contributed by atoms with Crippen molar-refractivity contribution in [3.05, 3.63) is 29.6 Å². The number of nitrogens with one attached hydrogen (secondary N) is 1. The van der Waals surface area contributed by atoms with Gasteiger partial charge in [-0.25, -0.2) is 4.39 Å². The zero-order valence-electron chi connectivity index (χ0n) is 8.96. The molecule has 0 aromatic heterocycles. The summed E-state index contributed by atoms with van der Waals surface area (Å²) in [5, 5.41) is 12.8. The molecule has 0 bridgehead atoms. The van der Waals surface area contributed by atoms with Crippen LogP contribution < -0.4 is 5.32 Å². The van der Waals surface area contributed by atoms with Crippen molar-refractivity contribution in [1.82, 2.24) is 5.32 Å². The smallest absolute Gasteiger partial charge is 0.123 e. The maximum absolute atomic E-state index is 13.0. The van der Waals surface area contributed by atoms with Crippen LogP contribution in [0.5, 0.6) is 5.75 Å². The second-order valence-electron chi connectivity index (χ2n) is 3.37. The van der Waals surface area contributed by atoms with E-state index in [-0.39, 0.29) is 17.6 Å². The van der Waals surface area contributed by atoms with Gasteiger partial charge in [0.2, 0.25) is 0 Å². The number of phenols is 1. The summed E-state index contributed by atoms with van der Waals surface area (Å²) in [6.45, 7) is 2.76. The first-order valence-electron chi connectivity index (χ1n) is 4.86. The van der Waals surface area contributed by atoms with Crippen molar-refractivity contribution in [3.8, 4) is 5.75 Å². The molecule has 1 unspecified atom stereocenters. The number of benzene rings is 1. The molecule has 1 atom stereocenters. The maximum Gasteiger partial charge on any atom is 0.123 e. The van der Waals surface area contributed by atoms with E-state index in [1.54, 1.807) is 11.8 Å². The van der Waals surface area contributed by atoms with Gasteiger partial charge in [-0.05, 0) is 31.4 Å². The van der Waals surface area contributed by atoms with E-state index < -0.39 is 0 Å². The Hall–Kier alpha value is -0.740. The summed E-state index contributed by atoms with van der Waals surface area (Å²) in [7, 11) is 0. The van der Waals surface area contributed by atoms with Crippen LogP contribution in [0.4, 0.5) is 4.39 Å². The topological polar surface area (TPSA) is 32.3 Å². The third-order valence-electron chi connectivity index (χ3n) is 2.21. The van der Waals surface area contributed by atoms with Gasteiger partial charge in [-0.2, -0.15) is 11.8 Å². The van der Waals surface area contributed by atoms with Crippen molar-refractivity contribution in [2.45, 2.75) is 13.0 Å².